The highest BCUT2D eigenvalue weighted by Gasteiger charge is 2.16. The maximum atomic E-state index is 5.58. The van der Waals surface area contributed by atoms with Crippen molar-refractivity contribution in [3.05, 3.63) is 22.3 Å². The van der Waals surface area contributed by atoms with Crippen molar-refractivity contribution in [2.24, 2.45) is 11.1 Å². The monoisotopic (exact) mass is 285 g/mol. The molecule has 0 aliphatic carbocycles. The Labute approximate surface area is 106 Å². The van der Waals surface area contributed by atoms with Gasteiger partial charge in [-0.05, 0) is 53.4 Å². The number of halogens is 1. The lowest BCUT2D eigenvalue weighted by Gasteiger charge is -2.24. The number of nitrogens with zero attached hydrogens (tertiary/aromatic N) is 1. The summed E-state index contributed by atoms with van der Waals surface area (Å²) in [6.45, 7) is 8.01. The van der Waals surface area contributed by atoms with E-state index in [4.69, 9.17) is 5.73 Å². The zero-order chi connectivity index (χ0) is 12.2. The van der Waals surface area contributed by atoms with E-state index in [1.807, 2.05) is 19.1 Å². The van der Waals surface area contributed by atoms with Crippen LogP contribution in [-0.2, 0) is 0 Å². The number of nitrogens with two attached hydrogens (primary N) is 1. The first-order valence-corrected chi connectivity index (χ1v) is 6.31. The molecule has 0 aliphatic heterocycles. The summed E-state index contributed by atoms with van der Waals surface area (Å²) in [6, 6.07) is 4.00. The fourth-order valence-corrected chi connectivity index (χ4v) is 1.67. The molecule has 0 radical (unpaired) electrons. The third-order valence-electron chi connectivity index (χ3n) is 2.59. The van der Waals surface area contributed by atoms with Gasteiger partial charge in [-0.25, -0.2) is 4.98 Å². The van der Waals surface area contributed by atoms with Crippen LogP contribution in [0, 0.1) is 12.3 Å². The minimum Gasteiger partial charge on any atom is -0.370 e. The van der Waals surface area contributed by atoms with Gasteiger partial charge in [0, 0.05) is 11.0 Å². The molecular weight excluding hydrogens is 266 g/mol. The molecule has 3 N–H and O–H groups in total. The van der Waals surface area contributed by atoms with Crippen molar-refractivity contribution in [2.75, 3.05) is 18.4 Å². The van der Waals surface area contributed by atoms with Crippen molar-refractivity contribution >= 4 is 21.7 Å². The first-order valence-electron chi connectivity index (χ1n) is 5.52. The second-order valence-corrected chi connectivity index (χ2v) is 5.67. The van der Waals surface area contributed by atoms with E-state index < -0.39 is 0 Å². The van der Waals surface area contributed by atoms with Gasteiger partial charge < -0.3 is 11.1 Å². The molecule has 0 bridgehead atoms. The van der Waals surface area contributed by atoms with E-state index in [1.54, 1.807) is 0 Å². The molecule has 0 aromatic carbocycles. The predicted molar refractivity (Wildman–Crippen MR) is 72.6 cm³/mol. The number of nitrogens with one attached hydrogen (secondary N) is 1. The zero-order valence-electron chi connectivity index (χ0n) is 10.2. The second kappa shape index (κ2) is 5.64. The molecule has 0 saturated heterocycles. The highest BCUT2D eigenvalue weighted by Crippen LogP contribution is 2.21. The fraction of sp³-hybridized carbons (Fsp3) is 0.583. The predicted octanol–water partition coefficient (Wildman–Crippen LogP) is 2.94. The molecule has 0 atom stereocenters. The van der Waals surface area contributed by atoms with Gasteiger partial charge in [0.2, 0.25) is 0 Å². The number of hydrogen-bond donors (Lipinski definition) is 2. The summed E-state index contributed by atoms with van der Waals surface area (Å²) in [5.74, 6) is 0.922. The van der Waals surface area contributed by atoms with Gasteiger partial charge in [-0.2, -0.15) is 0 Å². The van der Waals surface area contributed by atoms with Crippen molar-refractivity contribution in [1.82, 2.24) is 4.98 Å². The Kier molecular flexibility index (Phi) is 4.74. The quantitative estimate of drug-likeness (QED) is 0.875. The van der Waals surface area contributed by atoms with E-state index in [-0.39, 0.29) is 5.41 Å². The minimum absolute atomic E-state index is 0.206. The molecule has 0 unspecified atom stereocenters. The molecule has 16 heavy (non-hydrogen) atoms. The largest absolute Gasteiger partial charge is 0.370 e. The van der Waals surface area contributed by atoms with Gasteiger partial charge in [0.05, 0.1) is 5.69 Å². The summed E-state index contributed by atoms with van der Waals surface area (Å²) in [6.07, 6.45) is 1.01. The summed E-state index contributed by atoms with van der Waals surface area (Å²) < 4.78 is 1.04. The lowest BCUT2D eigenvalue weighted by Crippen LogP contribution is -2.26. The Hall–Kier alpha value is -0.610. The molecule has 90 valence electrons. The molecule has 0 aliphatic rings. The topological polar surface area (TPSA) is 50.9 Å². The average molecular weight is 286 g/mol. The molecule has 1 heterocycles. The Morgan fingerprint density at radius 1 is 1.44 bits per heavy atom. The maximum absolute atomic E-state index is 5.58. The Morgan fingerprint density at radius 2 is 2.12 bits per heavy atom. The molecule has 0 fully saturated rings. The van der Waals surface area contributed by atoms with Gasteiger partial charge >= 0.3 is 0 Å². The lowest BCUT2D eigenvalue weighted by atomic mass is 9.89. The average Bonchev–Trinajstić information content (AvgIpc) is 2.20. The van der Waals surface area contributed by atoms with Crippen LogP contribution in [0.25, 0.3) is 0 Å². The number of anilines is 1. The first-order chi connectivity index (χ1) is 7.44. The van der Waals surface area contributed by atoms with Crippen molar-refractivity contribution in [2.45, 2.75) is 27.2 Å². The van der Waals surface area contributed by atoms with Crippen LogP contribution >= 0.6 is 15.9 Å². The van der Waals surface area contributed by atoms with Crippen molar-refractivity contribution in [3.8, 4) is 0 Å². The molecule has 4 heteroatoms. The van der Waals surface area contributed by atoms with Crippen molar-refractivity contribution in [3.63, 3.8) is 0 Å². The highest BCUT2D eigenvalue weighted by atomic mass is 79.9. The smallest absolute Gasteiger partial charge is 0.126 e. The molecule has 0 spiro atoms. The molecule has 0 saturated carbocycles. The van der Waals surface area contributed by atoms with Crippen molar-refractivity contribution < 1.29 is 0 Å². The number of aromatic nitrogens is 1. The van der Waals surface area contributed by atoms with Crippen LogP contribution in [-0.4, -0.2) is 18.1 Å². The molecule has 1 aromatic rings. The normalized spacial score (nSPS) is 11.6. The van der Waals surface area contributed by atoms with Gasteiger partial charge in [0.15, 0.2) is 0 Å². The maximum Gasteiger partial charge on any atom is 0.126 e. The number of hydrogen-bond acceptors (Lipinski definition) is 3. The van der Waals surface area contributed by atoms with Gasteiger partial charge in [-0.3, -0.25) is 0 Å². The van der Waals surface area contributed by atoms with Crippen LogP contribution in [0.4, 0.5) is 5.82 Å². The lowest BCUT2D eigenvalue weighted by molar-refractivity contribution is 0.365. The van der Waals surface area contributed by atoms with E-state index >= 15 is 0 Å². The van der Waals surface area contributed by atoms with E-state index in [0.29, 0.717) is 0 Å². The molecule has 1 rings (SSSR count). The molecule has 3 nitrogen and oxygen atoms in total. The van der Waals surface area contributed by atoms with Crippen LogP contribution in [0.3, 0.4) is 0 Å². The summed E-state index contributed by atoms with van der Waals surface area (Å²) in [7, 11) is 0. The van der Waals surface area contributed by atoms with Crippen LogP contribution in [0.2, 0.25) is 0 Å². The Balaban J connectivity index is 2.57. The standard InChI is InChI=1S/C12H20BrN3/c1-9-10(13)4-5-11(16-9)15-8-12(2,3)6-7-14/h4-5H,6-8,14H2,1-3H3,(H,15,16). The zero-order valence-corrected chi connectivity index (χ0v) is 11.8. The third kappa shape index (κ3) is 4.10. The SMILES string of the molecule is Cc1nc(NCC(C)(C)CCN)ccc1Br. The number of rotatable bonds is 5. The van der Waals surface area contributed by atoms with Gasteiger partial charge in [-0.15, -0.1) is 0 Å². The summed E-state index contributed by atoms with van der Waals surface area (Å²) >= 11 is 3.44. The second-order valence-electron chi connectivity index (χ2n) is 4.82. The highest BCUT2D eigenvalue weighted by molar-refractivity contribution is 9.10. The summed E-state index contributed by atoms with van der Waals surface area (Å²) in [4.78, 5) is 4.45. The summed E-state index contributed by atoms with van der Waals surface area (Å²) in [5, 5.41) is 3.35. The van der Waals surface area contributed by atoms with Gasteiger partial charge in [-0.1, -0.05) is 13.8 Å². The van der Waals surface area contributed by atoms with E-state index in [2.05, 4.69) is 40.1 Å². The van der Waals surface area contributed by atoms with Crippen LogP contribution in [0.5, 0.6) is 0 Å². The Morgan fingerprint density at radius 3 is 2.69 bits per heavy atom. The van der Waals surface area contributed by atoms with E-state index in [1.165, 1.54) is 0 Å². The van der Waals surface area contributed by atoms with Crippen LogP contribution < -0.4 is 11.1 Å². The first kappa shape index (κ1) is 13.5. The van der Waals surface area contributed by atoms with Crippen LogP contribution in [0.1, 0.15) is 26.0 Å². The van der Waals surface area contributed by atoms with Crippen LogP contribution in [0.15, 0.2) is 16.6 Å². The number of aryl methyl sites for hydroxylation is 1. The Bertz CT molecular complexity index is 350. The summed E-state index contributed by atoms with van der Waals surface area (Å²) in [5.41, 5.74) is 6.79. The number of pyridine rings is 1. The molecule has 1 aromatic heterocycles. The third-order valence-corrected chi connectivity index (χ3v) is 3.43. The van der Waals surface area contributed by atoms with E-state index in [9.17, 15) is 0 Å². The molecule has 0 amide bonds. The van der Waals surface area contributed by atoms with Gasteiger partial charge in [0.1, 0.15) is 5.82 Å². The van der Waals surface area contributed by atoms with Gasteiger partial charge in [0.25, 0.3) is 0 Å². The minimum atomic E-state index is 0.206. The fourth-order valence-electron chi connectivity index (χ4n) is 1.45. The van der Waals surface area contributed by atoms with Crippen molar-refractivity contribution in [1.29, 1.82) is 0 Å². The van der Waals surface area contributed by atoms with E-state index in [0.717, 1.165) is 35.5 Å². The molecular formula is C12H20BrN3.